The Morgan fingerprint density at radius 1 is 1.17 bits per heavy atom. The monoisotopic (exact) mass is 348 g/mol. The Bertz CT molecular complexity index is 383. The third-order valence-electron chi connectivity index (χ3n) is 4.02. The minimum atomic E-state index is -1.88. The third-order valence-corrected chi connectivity index (χ3v) is 8.56. The maximum Gasteiger partial charge on any atom is 0.246 e. The highest BCUT2D eigenvalue weighted by Crippen LogP contribution is 2.36. The van der Waals surface area contributed by atoms with Crippen molar-refractivity contribution in [1.29, 1.82) is 0 Å². The van der Waals surface area contributed by atoms with Gasteiger partial charge in [0.25, 0.3) is 0 Å². The molecule has 0 rings (SSSR count). The number of ether oxygens (including phenoxy) is 2. The van der Waals surface area contributed by atoms with Gasteiger partial charge in [0.1, 0.15) is 12.6 Å². The summed E-state index contributed by atoms with van der Waals surface area (Å²) in [6, 6.07) is -0.752. The van der Waals surface area contributed by atoms with E-state index in [4.69, 9.17) is 19.6 Å². The fourth-order valence-electron chi connectivity index (χ4n) is 1.48. The van der Waals surface area contributed by atoms with E-state index in [1.165, 1.54) is 0 Å². The van der Waals surface area contributed by atoms with Crippen LogP contribution >= 0.6 is 0 Å². The molecule has 0 aliphatic rings. The van der Waals surface area contributed by atoms with E-state index in [-0.39, 0.29) is 17.6 Å². The Balaban J connectivity index is 4.28. The van der Waals surface area contributed by atoms with Crippen molar-refractivity contribution in [2.45, 2.75) is 51.4 Å². The molecule has 0 radical (unpaired) electrons. The number of rotatable bonds is 11. The quantitative estimate of drug-likeness (QED) is 0.429. The maximum atomic E-state index is 11.7. The summed E-state index contributed by atoms with van der Waals surface area (Å²) >= 11 is 0. The van der Waals surface area contributed by atoms with Crippen LogP contribution in [-0.2, 0) is 23.5 Å². The van der Waals surface area contributed by atoms with E-state index in [1.54, 1.807) is 7.11 Å². The number of primary amides is 1. The Kier molecular flexibility index (Phi) is 9.60. The lowest BCUT2D eigenvalue weighted by molar-refractivity contribution is -0.130. The van der Waals surface area contributed by atoms with Gasteiger partial charge >= 0.3 is 0 Å². The smallest absolute Gasteiger partial charge is 0.246 e. The van der Waals surface area contributed by atoms with Crippen LogP contribution in [0.2, 0.25) is 18.1 Å². The van der Waals surface area contributed by atoms with Crippen molar-refractivity contribution in [3.05, 3.63) is 0 Å². The molecule has 7 nitrogen and oxygen atoms in total. The van der Waals surface area contributed by atoms with E-state index < -0.39 is 20.3 Å². The number of methoxy groups -OCH3 is 1. The van der Waals surface area contributed by atoms with Crippen molar-refractivity contribution in [1.82, 2.24) is 5.32 Å². The largest absolute Gasteiger partial charge is 0.417 e. The summed E-state index contributed by atoms with van der Waals surface area (Å²) in [6.45, 7) is 11.7. The zero-order valence-electron chi connectivity index (χ0n) is 15.2. The first-order valence-electron chi connectivity index (χ1n) is 7.80. The fraction of sp³-hybridized carbons (Fsp3) is 0.867. The maximum absolute atomic E-state index is 11.7. The van der Waals surface area contributed by atoms with Gasteiger partial charge in [-0.2, -0.15) is 0 Å². The Hall–Kier alpha value is -0.963. The number of nitrogens with one attached hydrogen (secondary N) is 1. The second-order valence-corrected chi connectivity index (χ2v) is 11.8. The molecule has 0 aliphatic carbocycles. The van der Waals surface area contributed by atoms with E-state index in [2.05, 4.69) is 39.2 Å². The summed E-state index contributed by atoms with van der Waals surface area (Å²) in [6.07, 6.45) is 0.353. The van der Waals surface area contributed by atoms with Gasteiger partial charge in [0.2, 0.25) is 11.8 Å². The molecule has 0 saturated heterocycles. The lowest BCUT2D eigenvalue weighted by Crippen LogP contribution is -2.47. The van der Waals surface area contributed by atoms with Crippen LogP contribution in [0, 0.1) is 0 Å². The number of nitrogens with two attached hydrogens (primary N) is 1. The number of carbonyl (C=O) groups excluding carboxylic acids is 2. The predicted octanol–water partition coefficient (Wildman–Crippen LogP) is 1.03. The van der Waals surface area contributed by atoms with E-state index in [9.17, 15) is 9.59 Å². The van der Waals surface area contributed by atoms with Gasteiger partial charge in [-0.25, -0.2) is 0 Å². The normalized spacial score (nSPS) is 13.7. The molecule has 3 N–H and O–H groups in total. The van der Waals surface area contributed by atoms with Gasteiger partial charge in [-0.15, -0.1) is 0 Å². The van der Waals surface area contributed by atoms with Crippen LogP contribution in [0.25, 0.3) is 0 Å². The Morgan fingerprint density at radius 3 is 2.26 bits per heavy atom. The molecule has 0 unspecified atom stereocenters. The fourth-order valence-corrected chi connectivity index (χ4v) is 2.54. The Morgan fingerprint density at radius 2 is 1.78 bits per heavy atom. The van der Waals surface area contributed by atoms with Gasteiger partial charge in [0.15, 0.2) is 8.32 Å². The first kappa shape index (κ1) is 22.0. The molecule has 23 heavy (non-hydrogen) atoms. The van der Waals surface area contributed by atoms with Crippen LogP contribution in [0.4, 0.5) is 0 Å². The van der Waals surface area contributed by atoms with Crippen molar-refractivity contribution in [3.8, 4) is 0 Å². The SMILES string of the molecule is COCCOCC(=O)N[C@H](CCO[Si](C)(C)C(C)(C)C)C(N)=O. The molecule has 1 atom stereocenters. The summed E-state index contributed by atoms with van der Waals surface area (Å²) in [4.78, 5) is 23.2. The molecule has 136 valence electrons. The van der Waals surface area contributed by atoms with Gasteiger partial charge in [-0.3, -0.25) is 9.59 Å². The van der Waals surface area contributed by atoms with Crippen LogP contribution in [0.15, 0.2) is 0 Å². The molecule has 0 heterocycles. The highest BCUT2D eigenvalue weighted by atomic mass is 28.4. The van der Waals surface area contributed by atoms with Gasteiger partial charge in [0, 0.05) is 13.7 Å². The summed E-state index contributed by atoms with van der Waals surface area (Å²) in [5.41, 5.74) is 5.34. The summed E-state index contributed by atoms with van der Waals surface area (Å²) in [5, 5.41) is 2.67. The molecular weight excluding hydrogens is 316 g/mol. The predicted molar refractivity (Wildman–Crippen MR) is 91.6 cm³/mol. The van der Waals surface area contributed by atoms with Crippen molar-refractivity contribution >= 4 is 20.1 Å². The summed E-state index contributed by atoms with van der Waals surface area (Å²) < 4.78 is 15.9. The molecule has 0 fully saturated rings. The Labute approximate surface area is 140 Å². The van der Waals surface area contributed by atoms with Crippen molar-refractivity contribution in [3.63, 3.8) is 0 Å². The second kappa shape index (κ2) is 10.0. The van der Waals surface area contributed by atoms with E-state index in [0.29, 0.717) is 26.2 Å². The second-order valence-electron chi connectivity index (χ2n) is 6.97. The van der Waals surface area contributed by atoms with E-state index in [0.717, 1.165) is 0 Å². The lowest BCUT2D eigenvalue weighted by Gasteiger charge is -2.36. The molecule has 0 aliphatic heterocycles. The van der Waals surface area contributed by atoms with Crippen LogP contribution < -0.4 is 11.1 Å². The topological polar surface area (TPSA) is 99.9 Å². The molecule has 0 spiro atoms. The highest BCUT2D eigenvalue weighted by Gasteiger charge is 2.37. The molecule has 8 heteroatoms. The van der Waals surface area contributed by atoms with Crippen molar-refractivity contribution in [2.75, 3.05) is 33.5 Å². The molecule has 0 aromatic carbocycles. The van der Waals surface area contributed by atoms with Crippen molar-refractivity contribution in [2.24, 2.45) is 5.73 Å². The molecule has 0 bridgehead atoms. The first-order chi connectivity index (χ1) is 10.5. The number of hydrogen-bond donors (Lipinski definition) is 2. The van der Waals surface area contributed by atoms with E-state index >= 15 is 0 Å². The zero-order valence-corrected chi connectivity index (χ0v) is 16.2. The van der Waals surface area contributed by atoms with Crippen molar-refractivity contribution < 1.29 is 23.5 Å². The van der Waals surface area contributed by atoms with E-state index in [1.807, 2.05) is 0 Å². The lowest BCUT2D eigenvalue weighted by atomic mass is 10.2. The van der Waals surface area contributed by atoms with Gasteiger partial charge in [0.05, 0.1) is 13.2 Å². The summed E-state index contributed by atoms with van der Waals surface area (Å²) in [5.74, 6) is -0.952. The van der Waals surface area contributed by atoms with Crippen LogP contribution in [-0.4, -0.2) is 59.7 Å². The summed E-state index contributed by atoms with van der Waals surface area (Å²) in [7, 11) is -0.329. The highest BCUT2D eigenvalue weighted by molar-refractivity contribution is 6.74. The molecule has 0 saturated carbocycles. The third kappa shape index (κ3) is 9.04. The zero-order chi connectivity index (χ0) is 18.1. The number of carbonyl (C=O) groups is 2. The molecule has 2 amide bonds. The minimum Gasteiger partial charge on any atom is -0.417 e. The number of hydrogen-bond acceptors (Lipinski definition) is 5. The van der Waals surface area contributed by atoms with Gasteiger partial charge in [-0.1, -0.05) is 20.8 Å². The minimum absolute atomic E-state index is 0.0909. The molecule has 0 aromatic heterocycles. The van der Waals surface area contributed by atoms with Crippen LogP contribution in [0.5, 0.6) is 0 Å². The average molecular weight is 349 g/mol. The molecule has 0 aromatic rings. The average Bonchev–Trinajstić information content (AvgIpc) is 2.41. The van der Waals surface area contributed by atoms with Crippen LogP contribution in [0.3, 0.4) is 0 Å². The van der Waals surface area contributed by atoms with Gasteiger partial charge in [-0.05, 0) is 24.6 Å². The van der Waals surface area contributed by atoms with Gasteiger partial charge < -0.3 is 25.0 Å². The first-order valence-corrected chi connectivity index (χ1v) is 10.7. The molecular formula is C15H32N2O5Si. The standard InChI is InChI=1S/C15H32N2O5Si/c1-15(2,3)23(5,6)22-8-7-12(14(16)19)17-13(18)11-21-10-9-20-4/h12H,7-11H2,1-6H3,(H2,16,19)(H,17,18)/t12-/m1/s1. The number of amides is 2. The van der Waals surface area contributed by atoms with Crippen LogP contribution in [0.1, 0.15) is 27.2 Å².